The highest BCUT2D eigenvalue weighted by Crippen LogP contribution is 2.39. The van der Waals surface area contributed by atoms with Gasteiger partial charge < -0.3 is 35.3 Å². The molecule has 3 heterocycles. The smallest absolute Gasteiger partial charge is 0.394 e. The number of H-pyrrole nitrogens is 1. The van der Waals surface area contributed by atoms with E-state index in [1.54, 1.807) is 14.2 Å². The third kappa shape index (κ3) is 6.38. The number of anilines is 1. The average molecular weight is 621 g/mol. The zero-order valence-electron chi connectivity index (χ0n) is 24.4. The Labute approximate surface area is 256 Å². The Morgan fingerprint density at radius 3 is 2.41 bits per heavy atom. The number of carboxylic acids is 2. The van der Waals surface area contributed by atoms with Crippen molar-refractivity contribution < 1.29 is 38.9 Å². The summed E-state index contributed by atoms with van der Waals surface area (Å²) in [6.45, 7) is 3.00. The van der Waals surface area contributed by atoms with Gasteiger partial charge in [-0.25, -0.2) is 9.59 Å². The molecule has 44 heavy (non-hydrogen) atoms. The number of carbonyl (C=O) groups excluding carboxylic acids is 2. The van der Waals surface area contributed by atoms with E-state index < -0.39 is 17.8 Å². The fourth-order valence-corrected chi connectivity index (χ4v) is 6.77. The summed E-state index contributed by atoms with van der Waals surface area (Å²) in [7, 11) is 3.18. The van der Waals surface area contributed by atoms with Crippen LogP contribution in [0.3, 0.4) is 0 Å². The summed E-state index contributed by atoms with van der Waals surface area (Å²) >= 11 is 1.05. The predicted octanol–water partition coefficient (Wildman–Crippen LogP) is 3.56. The number of nitrogens with zero attached hydrogens (tertiary/aromatic N) is 1. The lowest BCUT2D eigenvalue weighted by Crippen LogP contribution is -2.47. The van der Waals surface area contributed by atoms with Gasteiger partial charge in [-0.05, 0) is 60.4 Å². The molecule has 0 radical (unpaired) electrons. The number of hydrogen-bond donors (Lipinski definition) is 5. The van der Waals surface area contributed by atoms with E-state index >= 15 is 0 Å². The molecular weight excluding hydrogens is 588 g/mol. The minimum absolute atomic E-state index is 0.0192. The number of rotatable bonds is 10. The van der Waals surface area contributed by atoms with Gasteiger partial charge in [0, 0.05) is 47.2 Å². The second-order valence-electron chi connectivity index (χ2n) is 10.5. The number of aryl methyl sites for hydroxylation is 1. The van der Waals surface area contributed by atoms with E-state index in [9.17, 15) is 24.3 Å². The molecule has 0 spiro atoms. The number of nitrogens with one attached hydrogen (secondary N) is 3. The van der Waals surface area contributed by atoms with Crippen LogP contribution in [0.1, 0.15) is 37.6 Å². The molecule has 13 heteroatoms. The Hall–Kier alpha value is -4.88. The van der Waals surface area contributed by atoms with Gasteiger partial charge in [-0.3, -0.25) is 14.5 Å². The number of aromatic amines is 1. The Bertz CT molecular complexity index is 1740. The molecule has 1 atom stereocenters. The first-order valence-corrected chi connectivity index (χ1v) is 14.6. The number of aromatic carboxylic acids is 1. The third-order valence-electron chi connectivity index (χ3n) is 7.77. The van der Waals surface area contributed by atoms with E-state index in [1.807, 2.05) is 49.4 Å². The molecule has 0 aliphatic carbocycles. The van der Waals surface area contributed by atoms with E-state index in [0.717, 1.165) is 39.1 Å². The summed E-state index contributed by atoms with van der Waals surface area (Å²) in [5.74, 6) is -3.07. The summed E-state index contributed by atoms with van der Waals surface area (Å²) in [4.78, 5) is 54.7. The van der Waals surface area contributed by atoms with Crippen LogP contribution in [0.15, 0.2) is 42.5 Å². The lowest BCUT2D eigenvalue weighted by Gasteiger charge is -2.36. The quantitative estimate of drug-likeness (QED) is 0.166. The summed E-state index contributed by atoms with van der Waals surface area (Å²) in [5.41, 5.74) is 4.04. The highest BCUT2D eigenvalue weighted by atomic mass is 32.1. The third-order valence-corrected chi connectivity index (χ3v) is 8.90. The summed E-state index contributed by atoms with van der Waals surface area (Å²) in [5, 5.41) is 25.2. The first kappa shape index (κ1) is 30.6. The van der Waals surface area contributed by atoms with E-state index in [2.05, 4.69) is 20.5 Å². The molecular formula is C31H32N4O8S. The maximum atomic E-state index is 13.3. The number of carbonyl (C=O) groups is 4. The number of methoxy groups -OCH3 is 2. The molecule has 2 amide bonds. The van der Waals surface area contributed by atoms with Crippen molar-refractivity contribution >= 4 is 51.0 Å². The zero-order valence-corrected chi connectivity index (χ0v) is 25.2. The molecule has 2 aromatic carbocycles. The minimum atomic E-state index is -1.71. The molecule has 12 nitrogen and oxygen atoms in total. The summed E-state index contributed by atoms with van der Waals surface area (Å²) in [6, 6.07) is 13.0. The van der Waals surface area contributed by atoms with E-state index in [4.69, 9.17) is 14.6 Å². The molecule has 0 fully saturated rings. The van der Waals surface area contributed by atoms with Crippen molar-refractivity contribution in [3.05, 3.63) is 75.3 Å². The topological polar surface area (TPSA) is 170 Å². The number of fused-ring (bicyclic) bond motifs is 2. The number of carboxylic acid groups (broad SMARTS) is 2. The van der Waals surface area contributed by atoms with Crippen molar-refractivity contribution in [1.82, 2.24) is 15.2 Å². The molecule has 0 saturated heterocycles. The molecule has 0 saturated carbocycles. The molecule has 1 unspecified atom stereocenters. The second kappa shape index (κ2) is 12.8. The number of benzene rings is 2. The van der Waals surface area contributed by atoms with Crippen LogP contribution in [0, 0.1) is 6.92 Å². The Balaban J connectivity index is 1.39. The van der Waals surface area contributed by atoms with Crippen molar-refractivity contribution in [3.63, 3.8) is 0 Å². The summed E-state index contributed by atoms with van der Waals surface area (Å²) in [6.07, 6.45) is 0.413. The highest BCUT2D eigenvalue weighted by molar-refractivity contribution is 7.17. The van der Waals surface area contributed by atoms with Gasteiger partial charge in [-0.2, -0.15) is 0 Å². The lowest BCUT2D eigenvalue weighted by molar-refractivity contribution is -0.147. The van der Waals surface area contributed by atoms with Gasteiger partial charge in [-0.15, -0.1) is 11.3 Å². The van der Waals surface area contributed by atoms with Crippen LogP contribution in [0.2, 0.25) is 0 Å². The maximum Gasteiger partial charge on any atom is 0.394 e. The maximum absolute atomic E-state index is 13.3. The standard InChI is InChI=1S/C31H32N4O8S/c1-16-21(22-11-20(43-3)8-9-24(22)33-16)12-26(36)32-13-18-10-23-25(15-35(18)14-17-4-6-19(42-2)7-5-17)44-29(27(23)30(38)39)34-28(37)31(40)41/h4-9,11,18,33H,10,12-15H2,1-3H3,(H,32,36)(H,34,37)(H,38,39)(H,40,41). The van der Waals surface area contributed by atoms with Gasteiger partial charge in [0.15, 0.2) is 0 Å². The number of amides is 2. The Morgan fingerprint density at radius 1 is 1.05 bits per heavy atom. The molecule has 1 aliphatic heterocycles. The van der Waals surface area contributed by atoms with E-state index in [-0.39, 0.29) is 41.9 Å². The highest BCUT2D eigenvalue weighted by Gasteiger charge is 2.34. The van der Waals surface area contributed by atoms with Crippen LogP contribution in [-0.2, 0) is 40.3 Å². The van der Waals surface area contributed by atoms with Crippen LogP contribution in [0.4, 0.5) is 5.00 Å². The van der Waals surface area contributed by atoms with Crippen molar-refractivity contribution in [2.45, 2.75) is 38.9 Å². The van der Waals surface area contributed by atoms with Crippen LogP contribution in [-0.4, -0.2) is 70.7 Å². The molecule has 1 aliphatic rings. The number of hydrogen-bond acceptors (Lipinski definition) is 8. The first-order chi connectivity index (χ1) is 21.1. The number of aromatic nitrogens is 1. The number of aliphatic carboxylic acids is 1. The summed E-state index contributed by atoms with van der Waals surface area (Å²) < 4.78 is 10.6. The molecule has 230 valence electrons. The van der Waals surface area contributed by atoms with Crippen molar-refractivity contribution in [2.75, 3.05) is 26.1 Å². The van der Waals surface area contributed by atoms with Crippen molar-refractivity contribution in [1.29, 1.82) is 0 Å². The monoisotopic (exact) mass is 620 g/mol. The van der Waals surface area contributed by atoms with Gasteiger partial charge >= 0.3 is 17.8 Å². The van der Waals surface area contributed by atoms with Crippen LogP contribution < -0.4 is 20.1 Å². The van der Waals surface area contributed by atoms with Gasteiger partial charge in [0.2, 0.25) is 5.91 Å². The molecule has 2 aromatic heterocycles. The van der Waals surface area contributed by atoms with Crippen molar-refractivity contribution in [2.24, 2.45) is 0 Å². The van der Waals surface area contributed by atoms with Gasteiger partial charge in [-0.1, -0.05) is 12.1 Å². The Morgan fingerprint density at radius 2 is 1.75 bits per heavy atom. The zero-order chi connectivity index (χ0) is 31.5. The second-order valence-corrected chi connectivity index (χ2v) is 11.6. The SMILES string of the molecule is COc1ccc(CN2Cc3sc(NC(=O)C(=O)O)c(C(=O)O)c3CC2CNC(=O)Cc2c(C)[nH]c3ccc(OC)cc23)cc1. The molecule has 0 bridgehead atoms. The lowest BCUT2D eigenvalue weighted by atomic mass is 9.95. The van der Waals surface area contributed by atoms with E-state index in [1.165, 1.54) is 0 Å². The van der Waals surface area contributed by atoms with Crippen LogP contribution in [0.5, 0.6) is 11.5 Å². The number of ether oxygens (including phenoxy) is 2. The van der Waals surface area contributed by atoms with Crippen LogP contribution >= 0.6 is 11.3 Å². The average Bonchev–Trinajstić information content (AvgIpc) is 3.51. The Kier molecular flexibility index (Phi) is 8.88. The molecule has 5 rings (SSSR count). The van der Waals surface area contributed by atoms with E-state index in [0.29, 0.717) is 35.0 Å². The van der Waals surface area contributed by atoms with Gasteiger partial charge in [0.25, 0.3) is 0 Å². The largest absolute Gasteiger partial charge is 0.497 e. The van der Waals surface area contributed by atoms with Crippen LogP contribution in [0.25, 0.3) is 10.9 Å². The normalized spacial score (nSPS) is 14.6. The van der Waals surface area contributed by atoms with Crippen molar-refractivity contribution in [3.8, 4) is 11.5 Å². The molecule has 4 aromatic rings. The van der Waals surface area contributed by atoms with Gasteiger partial charge in [0.05, 0.1) is 26.2 Å². The number of thiophene rings is 1. The molecule has 5 N–H and O–H groups in total. The first-order valence-electron chi connectivity index (χ1n) is 13.8. The minimum Gasteiger partial charge on any atom is -0.497 e. The fraction of sp³-hybridized carbons (Fsp3) is 0.290. The predicted molar refractivity (Wildman–Crippen MR) is 164 cm³/mol. The fourth-order valence-electron chi connectivity index (χ4n) is 5.53. The van der Waals surface area contributed by atoms with Gasteiger partial charge in [0.1, 0.15) is 16.5 Å².